The van der Waals surface area contributed by atoms with Crippen molar-refractivity contribution in [3.63, 3.8) is 0 Å². The van der Waals surface area contributed by atoms with E-state index in [1.165, 1.54) is 11.3 Å². The summed E-state index contributed by atoms with van der Waals surface area (Å²) < 4.78 is 0.753. The molecule has 0 saturated carbocycles. The maximum Gasteiger partial charge on any atom is 0.319 e. The van der Waals surface area contributed by atoms with Gasteiger partial charge in [0.25, 0.3) is 5.91 Å². The molecule has 1 fully saturated rings. The summed E-state index contributed by atoms with van der Waals surface area (Å²) in [6.45, 7) is 2.84. The predicted molar refractivity (Wildman–Crippen MR) is 132 cm³/mol. The first kappa shape index (κ1) is 21.8. The number of nitrogens with one attached hydrogen (secondary N) is 3. The fourth-order valence-electron chi connectivity index (χ4n) is 3.74. The molecule has 5 rings (SSSR count). The Labute approximate surface area is 200 Å². The molecule has 1 atom stereocenters. The molecular formula is C24H23N7O2S. The van der Waals surface area contributed by atoms with Gasteiger partial charge in [-0.15, -0.1) is 11.3 Å². The Bertz CT molecular complexity index is 1310. The van der Waals surface area contributed by atoms with E-state index in [-0.39, 0.29) is 24.0 Å². The van der Waals surface area contributed by atoms with E-state index in [1.54, 1.807) is 17.3 Å². The van der Waals surface area contributed by atoms with Gasteiger partial charge in [0.1, 0.15) is 0 Å². The van der Waals surface area contributed by atoms with Gasteiger partial charge in [0, 0.05) is 31.2 Å². The van der Waals surface area contributed by atoms with Crippen molar-refractivity contribution in [3.8, 4) is 0 Å². The molecule has 0 aliphatic carbocycles. The molecular weight excluding hydrogens is 450 g/mol. The van der Waals surface area contributed by atoms with Crippen LogP contribution in [0, 0.1) is 0 Å². The van der Waals surface area contributed by atoms with Gasteiger partial charge in [-0.1, -0.05) is 24.3 Å². The van der Waals surface area contributed by atoms with Crippen LogP contribution in [0.15, 0.2) is 66.3 Å². The zero-order valence-electron chi connectivity index (χ0n) is 18.4. The van der Waals surface area contributed by atoms with Crippen LogP contribution >= 0.6 is 11.3 Å². The highest BCUT2D eigenvalue weighted by Gasteiger charge is 2.34. The molecule has 0 bridgehead atoms. The monoisotopic (exact) mass is 473 g/mol. The summed E-state index contributed by atoms with van der Waals surface area (Å²) in [6, 6.07) is 14.5. The van der Waals surface area contributed by atoms with E-state index in [0.717, 1.165) is 15.8 Å². The lowest BCUT2D eigenvalue weighted by Gasteiger charge is -2.39. The van der Waals surface area contributed by atoms with Crippen molar-refractivity contribution >= 4 is 45.1 Å². The minimum Gasteiger partial charge on any atom is -0.348 e. The van der Waals surface area contributed by atoms with Gasteiger partial charge in [0.15, 0.2) is 5.69 Å². The zero-order valence-corrected chi connectivity index (χ0v) is 19.2. The highest BCUT2D eigenvalue weighted by Crippen LogP contribution is 2.27. The molecule has 0 radical (unpaired) electrons. The first-order valence-corrected chi connectivity index (χ1v) is 11.8. The largest absolute Gasteiger partial charge is 0.348 e. The third-order valence-electron chi connectivity index (χ3n) is 5.57. The number of thiophene rings is 1. The van der Waals surface area contributed by atoms with Crippen molar-refractivity contribution in [2.45, 2.75) is 19.0 Å². The van der Waals surface area contributed by atoms with Gasteiger partial charge in [0.2, 0.25) is 5.95 Å². The van der Waals surface area contributed by atoms with Crippen LogP contribution in [0.4, 0.5) is 16.4 Å². The number of para-hydroxylation sites is 1. The first-order chi connectivity index (χ1) is 16.6. The van der Waals surface area contributed by atoms with Gasteiger partial charge in [-0.2, -0.15) is 0 Å². The minimum atomic E-state index is -0.290. The van der Waals surface area contributed by atoms with Crippen LogP contribution < -0.4 is 16.0 Å². The van der Waals surface area contributed by atoms with Gasteiger partial charge in [-0.05, 0) is 42.1 Å². The second kappa shape index (κ2) is 9.44. The van der Waals surface area contributed by atoms with E-state index >= 15 is 0 Å². The number of carbonyl (C=O) groups is 2. The molecule has 1 aliphatic heterocycles. The van der Waals surface area contributed by atoms with Crippen molar-refractivity contribution in [2.75, 3.05) is 23.7 Å². The van der Waals surface area contributed by atoms with E-state index in [1.807, 2.05) is 60.8 Å². The topological polar surface area (TPSA) is 112 Å². The summed E-state index contributed by atoms with van der Waals surface area (Å²) >= 11 is 1.44. The minimum absolute atomic E-state index is 0.0755. The molecule has 4 heterocycles. The van der Waals surface area contributed by atoms with Crippen LogP contribution in [0.25, 0.3) is 10.2 Å². The predicted octanol–water partition coefficient (Wildman–Crippen LogP) is 3.91. The quantitative estimate of drug-likeness (QED) is 0.392. The Kier molecular flexibility index (Phi) is 6.05. The van der Waals surface area contributed by atoms with Crippen molar-refractivity contribution in [2.24, 2.45) is 0 Å². The number of fused-ring (bicyclic) bond motifs is 1. The third kappa shape index (κ3) is 4.67. The van der Waals surface area contributed by atoms with Gasteiger partial charge >= 0.3 is 6.03 Å². The van der Waals surface area contributed by atoms with Gasteiger partial charge in [0.05, 0.1) is 22.3 Å². The van der Waals surface area contributed by atoms with Crippen molar-refractivity contribution < 1.29 is 9.59 Å². The number of hydrogen-bond donors (Lipinski definition) is 3. The molecule has 10 heteroatoms. The summed E-state index contributed by atoms with van der Waals surface area (Å²) in [6.07, 6.45) is 3.51. The fraction of sp³-hybridized carbons (Fsp3) is 0.208. The number of carbonyl (C=O) groups excluding carboxylic acids is 2. The Morgan fingerprint density at radius 2 is 1.91 bits per heavy atom. The number of anilines is 2. The van der Waals surface area contributed by atoms with E-state index < -0.39 is 0 Å². The van der Waals surface area contributed by atoms with Crippen molar-refractivity contribution in [3.05, 3.63) is 77.6 Å². The second-order valence-corrected chi connectivity index (χ2v) is 8.97. The number of pyridine rings is 1. The average molecular weight is 474 g/mol. The molecule has 3 N–H and O–H groups in total. The molecule has 172 valence electrons. The maximum absolute atomic E-state index is 13.2. The molecule has 0 spiro atoms. The Hall–Kier alpha value is -4.05. The van der Waals surface area contributed by atoms with E-state index in [0.29, 0.717) is 30.4 Å². The van der Waals surface area contributed by atoms with Gasteiger partial charge < -0.3 is 20.9 Å². The number of nitrogens with zero attached hydrogens (tertiary/aromatic N) is 4. The van der Waals surface area contributed by atoms with Crippen LogP contribution in [0.5, 0.6) is 0 Å². The van der Waals surface area contributed by atoms with Crippen molar-refractivity contribution in [1.29, 1.82) is 0 Å². The summed E-state index contributed by atoms with van der Waals surface area (Å²) in [5, 5.41) is 10.9. The van der Waals surface area contributed by atoms with Crippen LogP contribution in [-0.2, 0) is 0 Å². The van der Waals surface area contributed by atoms with Crippen LogP contribution in [0.3, 0.4) is 0 Å². The van der Waals surface area contributed by atoms with Gasteiger partial charge in [-0.25, -0.2) is 14.8 Å². The number of aromatic nitrogens is 3. The maximum atomic E-state index is 13.2. The normalized spacial score (nSPS) is 14.3. The summed E-state index contributed by atoms with van der Waals surface area (Å²) in [7, 11) is 0. The zero-order chi connectivity index (χ0) is 23.5. The Morgan fingerprint density at radius 1 is 1.09 bits per heavy atom. The lowest BCUT2D eigenvalue weighted by atomic mass is 10.1. The average Bonchev–Trinajstić information content (AvgIpc) is 3.30. The molecule has 1 aromatic carbocycles. The third-order valence-corrected chi connectivity index (χ3v) is 6.48. The Balaban J connectivity index is 1.25. The first-order valence-electron chi connectivity index (χ1n) is 10.9. The number of likely N-dealkylation sites (tertiary alicyclic amines) is 1. The molecule has 34 heavy (non-hydrogen) atoms. The summed E-state index contributed by atoms with van der Waals surface area (Å²) in [5.74, 6) is 0.219. The number of urea groups is 1. The lowest BCUT2D eigenvalue weighted by molar-refractivity contribution is 0.0576. The molecule has 9 nitrogen and oxygen atoms in total. The molecule has 4 aromatic rings. The molecule has 1 saturated heterocycles. The van der Waals surface area contributed by atoms with E-state index in [2.05, 4.69) is 30.9 Å². The lowest BCUT2D eigenvalue weighted by Crippen LogP contribution is -2.61. The van der Waals surface area contributed by atoms with Crippen LogP contribution in [-0.4, -0.2) is 50.9 Å². The number of rotatable bonds is 6. The SMILES string of the molecule is C[C@H](Nc1nc(C(=O)N2CC(NC(=O)Nc3ccccc3)C2)c2sccc2n1)c1cccnc1. The van der Waals surface area contributed by atoms with Crippen LogP contribution in [0.2, 0.25) is 0 Å². The number of amides is 3. The van der Waals surface area contributed by atoms with E-state index in [9.17, 15) is 9.59 Å². The summed E-state index contributed by atoms with van der Waals surface area (Å²) in [5.41, 5.74) is 2.80. The standard InChI is InChI=1S/C24H23N7O2S/c1-15(16-6-5-10-25-12-16)26-23-29-19-9-11-34-21(19)20(30-23)22(32)31-13-18(14-31)28-24(33)27-17-7-3-2-4-8-17/h2-12,15,18H,13-14H2,1H3,(H,26,29,30)(H2,27,28,33)/t15-/m0/s1. The summed E-state index contributed by atoms with van der Waals surface area (Å²) in [4.78, 5) is 40.4. The second-order valence-electron chi connectivity index (χ2n) is 8.05. The van der Waals surface area contributed by atoms with Crippen molar-refractivity contribution in [1.82, 2.24) is 25.2 Å². The van der Waals surface area contributed by atoms with E-state index in [4.69, 9.17) is 0 Å². The van der Waals surface area contributed by atoms with Crippen LogP contribution in [0.1, 0.15) is 29.0 Å². The highest BCUT2D eigenvalue weighted by atomic mass is 32.1. The Morgan fingerprint density at radius 3 is 2.68 bits per heavy atom. The molecule has 3 amide bonds. The fourth-order valence-corrected chi connectivity index (χ4v) is 4.55. The number of benzene rings is 1. The molecule has 0 unspecified atom stereocenters. The molecule has 1 aliphatic rings. The number of hydrogen-bond acceptors (Lipinski definition) is 7. The molecule has 3 aromatic heterocycles. The van der Waals surface area contributed by atoms with Gasteiger partial charge in [-0.3, -0.25) is 9.78 Å². The smallest absolute Gasteiger partial charge is 0.319 e. The highest BCUT2D eigenvalue weighted by molar-refractivity contribution is 7.17.